The minimum atomic E-state index is -0.369. The fraction of sp³-hybridized carbons (Fsp3) is 0.154. The van der Waals surface area contributed by atoms with Crippen molar-refractivity contribution in [3.05, 3.63) is 36.0 Å². The second kappa shape index (κ2) is 4.11. The minimum Gasteiger partial charge on any atom is -0.464 e. The van der Waals surface area contributed by atoms with E-state index in [0.717, 1.165) is 10.9 Å². The van der Waals surface area contributed by atoms with Crippen LogP contribution >= 0.6 is 0 Å². The molecular weight excluding hydrogens is 202 g/mol. The van der Waals surface area contributed by atoms with E-state index in [1.807, 2.05) is 24.3 Å². The lowest BCUT2D eigenvalue weighted by Crippen LogP contribution is -2.09. The van der Waals surface area contributed by atoms with E-state index in [4.69, 9.17) is 11.2 Å². The molecule has 2 rings (SSSR count). The van der Waals surface area contributed by atoms with Gasteiger partial charge in [0, 0.05) is 10.9 Å². The number of carbonyl (C=O) groups is 1. The van der Waals surface area contributed by atoms with Crippen LogP contribution in [0.25, 0.3) is 10.9 Å². The normalized spacial score (nSPS) is 10.0. The number of fused-ring (bicyclic) bond motifs is 1. The highest BCUT2D eigenvalue weighted by Gasteiger charge is 2.14. The molecule has 0 amide bonds. The van der Waals surface area contributed by atoms with Gasteiger partial charge >= 0.3 is 5.97 Å². The van der Waals surface area contributed by atoms with Crippen molar-refractivity contribution in [2.24, 2.45) is 0 Å². The van der Waals surface area contributed by atoms with Gasteiger partial charge in [0.05, 0.1) is 13.7 Å². The summed E-state index contributed by atoms with van der Waals surface area (Å²) in [4.78, 5) is 11.6. The van der Waals surface area contributed by atoms with E-state index in [0.29, 0.717) is 12.2 Å². The Balaban J connectivity index is 2.68. The van der Waals surface area contributed by atoms with Gasteiger partial charge in [-0.15, -0.1) is 6.42 Å². The predicted octanol–water partition coefficient (Wildman–Crippen LogP) is 2.06. The average molecular weight is 213 g/mol. The number of carbonyl (C=O) groups excluding carboxylic acids is 1. The summed E-state index contributed by atoms with van der Waals surface area (Å²) in [5.41, 5.74) is 1.43. The molecule has 1 aromatic heterocycles. The van der Waals surface area contributed by atoms with E-state index in [2.05, 4.69) is 5.92 Å². The topological polar surface area (TPSA) is 31.2 Å². The molecule has 0 unspecified atom stereocenters. The van der Waals surface area contributed by atoms with Crippen LogP contribution in [0.2, 0.25) is 0 Å². The summed E-state index contributed by atoms with van der Waals surface area (Å²) in [5.74, 6) is 2.17. The number of ether oxygens (including phenoxy) is 1. The molecule has 0 aliphatic heterocycles. The van der Waals surface area contributed by atoms with Gasteiger partial charge in [0.2, 0.25) is 0 Å². The molecule has 1 heterocycles. The SMILES string of the molecule is C#CCn1c(C(=O)OC)cc2ccccc21. The number of benzene rings is 1. The number of methoxy groups -OCH3 is 1. The molecule has 2 aromatic rings. The van der Waals surface area contributed by atoms with Crippen molar-refractivity contribution in [2.75, 3.05) is 7.11 Å². The maximum absolute atomic E-state index is 11.6. The molecule has 0 saturated carbocycles. The number of rotatable bonds is 2. The molecule has 3 heteroatoms. The molecule has 0 aliphatic carbocycles. The molecule has 0 saturated heterocycles. The molecule has 0 radical (unpaired) electrons. The number of hydrogen-bond acceptors (Lipinski definition) is 2. The summed E-state index contributed by atoms with van der Waals surface area (Å²) in [5, 5.41) is 0.984. The largest absolute Gasteiger partial charge is 0.464 e. The predicted molar refractivity (Wildman–Crippen MR) is 62.1 cm³/mol. The number of hydrogen-bond donors (Lipinski definition) is 0. The molecule has 0 atom stereocenters. The molecule has 80 valence electrons. The van der Waals surface area contributed by atoms with Gasteiger partial charge < -0.3 is 9.30 Å². The summed E-state index contributed by atoms with van der Waals surface area (Å²) in [6.45, 7) is 0.359. The Morgan fingerprint density at radius 2 is 2.25 bits per heavy atom. The highest BCUT2D eigenvalue weighted by Crippen LogP contribution is 2.20. The molecule has 0 aliphatic rings. The molecule has 0 N–H and O–H groups in total. The summed E-state index contributed by atoms with van der Waals surface area (Å²) in [6, 6.07) is 9.49. The van der Waals surface area contributed by atoms with Gasteiger partial charge in [0.25, 0.3) is 0 Å². The van der Waals surface area contributed by atoms with Crippen molar-refractivity contribution in [3.63, 3.8) is 0 Å². The van der Waals surface area contributed by atoms with Gasteiger partial charge in [-0.05, 0) is 12.1 Å². The third-order valence-corrected chi connectivity index (χ3v) is 2.45. The Bertz CT molecular complexity index is 575. The number of nitrogens with zero attached hydrogens (tertiary/aromatic N) is 1. The zero-order chi connectivity index (χ0) is 11.5. The third-order valence-electron chi connectivity index (χ3n) is 2.45. The van der Waals surface area contributed by atoms with Crippen LogP contribution < -0.4 is 0 Å². The Morgan fingerprint density at radius 3 is 2.94 bits per heavy atom. The Labute approximate surface area is 93.6 Å². The standard InChI is InChI=1S/C13H11NO2/c1-3-8-14-11-7-5-4-6-10(11)9-12(14)13(15)16-2/h1,4-7,9H,8H2,2H3. The zero-order valence-corrected chi connectivity index (χ0v) is 8.93. The van der Waals surface area contributed by atoms with Crippen molar-refractivity contribution in [1.29, 1.82) is 0 Å². The Morgan fingerprint density at radius 1 is 1.50 bits per heavy atom. The number of aromatic nitrogens is 1. The highest BCUT2D eigenvalue weighted by molar-refractivity contribution is 5.95. The summed E-state index contributed by atoms with van der Waals surface area (Å²) < 4.78 is 6.50. The van der Waals surface area contributed by atoms with Gasteiger partial charge in [0.15, 0.2) is 0 Å². The lowest BCUT2D eigenvalue weighted by molar-refractivity contribution is 0.0590. The molecule has 0 bridgehead atoms. The second-order valence-corrected chi connectivity index (χ2v) is 3.37. The third kappa shape index (κ3) is 1.55. The monoisotopic (exact) mass is 213 g/mol. The summed E-state index contributed by atoms with van der Waals surface area (Å²) in [7, 11) is 1.36. The van der Waals surface area contributed by atoms with Crippen LogP contribution in [0.3, 0.4) is 0 Å². The van der Waals surface area contributed by atoms with E-state index in [1.54, 1.807) is 10.6 Å². The zero-order valence-electron chi connectivity index (χ0n) is 8.93. The first-order valence-corrected chi connectivity index (χ1v) is 4.88. The number of esters is 1. The lowest BCUT2D eigenvalue weighted by Gasteiger charge is -2.04. The Hall–Kier alpha value is -2.21. The van der Waals surface area contributed by atoms with Gasteiger partial charge in [-0.25, -0.2) is 4.79 Å². The van der Waals surface area contributed by atoms with E-state index < -0.39 is 0 Å². The second-order valence-electron chi connectivity index (χ2n) is 3.37. The summed E-state index contributed by atoms with van der Waals surface area (Å²) in [6.07, 6.45) is 5.30. The van der Waals surface area contributed by atoms with Crippen molar-refractivity contribution in [1.82, 2.24) is 4.57 Å². The van der Waals surface area contributed by atoms with Crippen LogP contribution in [0.1, 0.15) is 10.5 Å². The van der Waals surface area contributed by atoms with Crippen LogP contribution in [-0.4, -0.2) is 17.6 Å². The first-order chi connectivity index (χ1) is 7.77. The van der Waals surface area contributed by atoms with Crippen LogP contribution in [0.4, 0.5) is 0 Å². The molecule has 0 fully saturated rings. The van der Waals surface area contributed by atoms with E-state index in [-0.39, 0.29) is 5.97 Å². The van der Waals surface area contributed by atoms with Gasteiger partial charge in [-0.2, -0.15) is 0 Å². The average Bonchev–Trinajstić information content (AvgIpc) is 2.68. The fourth-order valence-electron chi connectivity index (χ4n) is 1.75. The molecule has 0 spiro atoms. The van der Waals surface area contributed by atoms with Gasteiger partial charge in [-0.3, -0.25) is 0 Å². The smallest absolute Gasteiger partial charge is 0.354 e. The maximum Gasteiger partial charge on any atom is 0.354 e. The first kappa shape index (κ1) is 10.3. The van der Waals surface area contributed by atoms with Crippen LogP contribution in [0.5, 0.6) is 0 Å². The van der Waals surface area contributed by atoms with E-state index >= 15 is 0 Å². The van der Waals surface area contributed by atoms with E-state index in [1.165, 1.54) is 7.11 Å². The van der Waals surface area contributed by atoms with Gasteiger partial charge in [0.1, 0.15) is 5.69 Å². The molecule has 1 aromatic carbocycles. The van der Waals surface area contributed by atoms with Crippen molar-refractivity contribution in [3.8, 4) is 12.3 Å². The molecular formula is C13H11NO2. The van der Waals surface area contributed by atoms with Crippen molar-refractivity contribution in [2.45, 2.75) is 6.54 Å². The van der Waals surface area contributed by atoms with Crippen LogP contribution in [0.15, 0.2) is 30.3 Å². The molecule has 3 nitrogen and oxygen atoms in total. The Kier molecular flexibility index (Phi) is 2.65. The maximum atomic E-state index is 11.6. The fourth-order valence-corrected chi connectivity index (χ4v) is 1.75. The summed E-state index contributed by atoms with van der Waals surface area (Å²) >= 11 is 0. The van der Waals surface area contributed by atoms with Crippen LogP contribution in [-0.2, 0) is 11.3 Å². The quantitative estimate of drug-likeness (QED) is 0.564. The highest BCUT2D eigenvalue weighted by atomic mass is 16.5. The first-order valence-electron chi connectivity index (χ1n) is 4.88. The number of terminal acetylenes is 1. The van der Waals surface area contributed by atoms with Gasteiger partial charge in [-0.1, -0.05) is 24.1 Å². The van der Waals surface area contributed by atoms with Crippen molar-refractivity contribution >= 4 is 16.9 Å². The lowest BCUT2D eigenvalue weighted by atomic mass is 10.2. The number of para-hydroxylation sites is 1. The van der Waals surface area contributed by atoms with Crippen LogP contribution in [0, 0.1) is 12.3 Å². The van der Waals surface area contributed by atoms with Crippen molar-refractivity contribution < 1.29 is 9.53 Å². The minimum absolute atomic E-state index is 0.359. The van der Waals surface area contributed by atoms with E-state index in [9.17, 15) is 4.79 Å². The molecule has 16 heavy (non-hydrogen) atoms.